The molecular weight excluding hydrogens is 368 g/mol. The molecule has 0 radical (unpaired) electrons. The SMILES string of the molecule is CCOC(=O)c1ccccc1NC(=O)c1ccnc(Nc2cccc(C)c2C)n1. The molecule has 0 atom stereocenters. The van der Waals surface area contributed by atoms with Gasteiger partial charge in [0.05, 0.1) is 17.9 Å². The van der Waals surface area contributed by atoms with Crippen LogP contribution in [0.4, 0.5) is 17.3 Å². The molecule has 2 N–H and O–H groups in total. The lowest BCUT2D eigenvalue weighted by atomic mass is 10.1. The predicted octanol–water partition coefficient (Wildman–Crippen LogP) is 4.27. The minimum absolute atomic E-state index is 0.173. The van der Waals surface area contributed by atoms with E-state index in [4.69, 9.17) is 4.74 Å². The number of nitrogens with zero attached hydrogens (tertiary/aromatic N) is 2. The summed E-state index contributed by atoms with van der Waals surface area (Å²) in [5, 5.41) is 5.86. The van der Waals surface area contributed by atoms with E-state index in [0.29, 0.717) is 11.6 Å². The monoisotopic (exact) mass is 390 g/mol. The summed E-state index contributed by atoms with van der Waals surface area (Å²) in [4.78, 5) is 33.3. The molecule has 0 saturated carbocycles. The van der Waals surface area contributed by atoms with E-state index < -0.39 is 11.9 Å². The number of carbonyl (C=O) groups is 2. The van der Waals surface area contributed by atoms with Crippen LogP contribution in [0.1, 0.15) is 38.9 Å². The van der Waals surface area contributed by atoms with Gasteiger partial charge in [0.2, 0.25) is 5.95 Å². The maximum Gasteiger partial charge on any atom is 0.340 e. The molecule has 7 heteroatoms. The average molecular weight is 390 g/mol. The van der Waals surface area contributed by atoms with Crippen LogP contribution in [-0.4, -0.2) is 28.5 Å². The second kappa shape index (κ2) is 8.97. The smallest absolute Gasteiger partial charge is 0.340 e. The zero-order valence-electron chi connectivity index (χ0n) is 16.5. The molecule has 0 bridgehead atoms. The van der Waals surface area contributed by atoms with E-state index in [1.165, 1.54) is 12.3 Å². The van der Waals surface area contributed by atoms with Gasteiger partial charge < -0.3 is 15.4 Å². The van der Waals surface area contributed by atoms with E-state index in [1.54, 1.807) is 31.2 Å². The topological polar surface area (TPSA) is 93.2 Å². The lowest BCUT2D eigenvalue weighted by Crippen LogP contribution is -2.17. The molecule has 29 heavy (non-hydrogen) atoms. The second-order valence-corrected chi connectivity index (χ2v) is 6.36. The maximum atomic E-state index is 12.7. The molecule has 1 aromatic heterocycles. The Labute approximate surface area is 169 Å². The minimum atomic E-state index is -0.497. The van der Waals surface area contributed by atoms with Crippen LogP contribution in [0.15, 0.2) is 54.7 Å². The normalized spacial score (nSPS) is 10.3. The molecule has 0 aliphatic carbocycles. The summed E-state index contributed by atoms with van der Waals surface area (Å²) in [6.45, 7) is 6.00. The van der Waals surface area contributed by atoms with Crippen molar-refractivity contribution in [1.82, 2.24) is 9.97 Å². The van der Waals surface area contributed by atoms with E-state index in [-0.39, 0.29) is 17.9 Å². The Morgan fingerprint density at radius 3 is 2.55 bits per heavy atom. The summed E-state index contributed by atoms with van der Waals surface area (Å²) in [5.41, 5.74) is 3.90. The fourth-order valence-electron chi connectivity index (χ4n) is 2.72. The summed E-state index contributed by atoms with van der Waals surface area (Å²) < 4.78 is 5.04. The number of carbonyl (C=O) groups excluding carboxylic acids is 2. The van der Waals surface area contributed by atoms with Gasteiger partial charge in [-0.25, -0.2) is 14.8 Å². The first-order valence-electron chi connectivity index (χ1n) is 9.23. The lowest BCUT2D eigenvalue weighted by molar-refractivity contribution is 0.0527. The fourth-order valence-corrected chi connectivity index (χ4v) is 2.72. The highest BCUT2D eigenvalue weighted by Gasteiger charge is 2.16. The number of hydrogen-bond acceptors (Lipinski definition) is 6. The predicted molar refractivity (Wildman–Crippen MR) is 112 cm³/mol. The van der Waals surface area contributed by atoms with Crippen molar-refractivity contribution in [1.29, 1.82) is 0 Å². The minimum Gasteiger partial charge on any atom is -0.462 e. The summed E-state index contributed by atoms with van der Waals surface area (Å²) in [6.07, 6.45) is 1.51. The van der Waals surface area contributed by atoms with Crippen LogP contribution in [0.2, 0.25) is 0 Å². The molecular formula is C22H22N4O3. The van der Waals surface area contributed by atoms with Crippen LogP contribution >= 0.6 is 0 Å². The van der Waals surface area contributed by atoms with E-state index in [0.717, 1.165) is 16.8 Å². The lowest BCUT2D eigenvalue weighted by Gasteiger charge is -2.12. The van der Waals surface area contributed by atoms with Gasteiger partial charge in [-0.05, 0) is 56.2 Å². The van der Waals surface area contributed by atoms with Crippen LogP contribution < -0.4 is 10.6 Å². The summed E-state index contributed by atoms with van der Waals surface area (Å²) >= 11 is 0. The zero-order chi connectivity index (χ0) is 20.8. The Morgan fingerprint density at radius 2 is 1.76 bits per heavy atom. The highest BCUT2D eigenvalue weighted by Crippen LogP contribution is 2.21. The van der Waals surface area contributed by atoms with E-state index in [9.17, 15) is 9.59 Å². The van der Waals surface area contributed by atoms with Gasteiger partial charge in [-0.1, -0.05) is 24.3 Å². The van der Waals surface area contributed by atoms with Crippen molar-refractivity contribution in [2.45, 2.75) is 20.8 Å². The zero-order valence-corrected chi connectivity index (χ0v) is 16.5. The van der Waals surface area contributed by atoms with E-state index >= 15 is 0 Å². The van der Waals surface area contributed by atoms with E-state index in [2.05, 4.69) is 20.6 Å². The molecule has 1 heterocycles. The first kappa shape index (κ1) is 20.0. The van der Waals surface area contributed by atoms with Crippen molar-refractivity contribution in [3.05, 3.63) is 77.1 Å². The highest BCUT2D eigenvalue weighted by molar-refractivity contribution is 6.07. The number of rotatable bonds is 6. The van der Waals surface area contributed by atoms with Gasteiger partial charge in [0.15, 0.2) is 0 Å². The molecule has 3 aromatic rings. The summed E-state index contributed by atoms with van der Waals surface area (Å²) in [6, 6.07) is 14.1. The van der Waals surface area contributed by atoms with Gasteiger partial charge in [-0.15, -0.1) is 0 Å². The van der Waals surface area contributed by atoms with Crippen LogP contribution in [0, 0.1) is 13.8 Å². The molecule has 0 spiro atoms. The third-order valence-electron chi connectivity index (χ3n) is 4.41. The van der Waals surface area contributed by atoms with Crippen LogP contribution in [0.25, 0.3) is 0 Å². The number of hydrogen-bond donors (Lipinski definition) is 2. The Kier molecular flexibility index (Phi) is 6.19. The molecule has 3 rings (SSSR count). The molecule has 0 aliphatic heterocycles. The highest BCUT2D eigenvalue weighted by atomic mass is 16.5. The largest absolute Gasteiger partial charge is 0.462 e. The number of nitrogens with one attached hydrogen (secondary N) is 2. The third kappa shape index (κ3) is 4.76. The summed E-state index contributed by atoms with van der Waals surface area (Å²) in [5.74, 6) is -0.637. The Hall–Kier alpha value is -3.74. The molecule has 0 fully saturated rings. The maximum absolute atomic E-state index is 12.7. The third-order valence-corrected chi connectivity index (χ3v) is 4.41. The Bertz CT molecular complexity index is 1050. The number of para-hydroxylation sites is 1. The molecule has 0 saturated heterocycles. The number of amides is 1. The van der Waals surface area contributed by atoms with E-state index in [1.807, 2.05) is 32.0 Å². The number of esters is 1. The Balaban J connectivity index is 1.80. The number of aryl methyl sites for hydroxylation is 1. The number of ether oxygens (including phenoxy) is 1. The van der Waals surface area contributed by atoms with Gasteiger partial charge in [0.1, 0.15) is 5.69 Å². The van der Waals surface area contributed by atoms with Crippen molar-refractivity contribution in [2.75, 3.05) is 17.2 Å². The first-order valence-corrected chi connectivity index (χ1v) is 9.23. The number of benzene rings is 2. The number of anilines is 3. The molecule has 1 amide bonds. The van der Waals surface area contributed by atoms with Crippen LogP contribution in [0.3, 0.4) is 0 Å². The quantitative estimate of drug-likeness (QED) is 0.611. The van der Waals surface area contributed by atoms with Crippen molar-refractivity contribution >= 4 is 29.2 Å². The molecule has 7 nitrogen and oxygen atoms in total. The molecule has 2 aromatic carbocycles. The van der Waals surface area contributed by atoms with Crippen molar-refractivity contribution in [3.8, 4) is 0 Å². The van der Waals surface area contributed by atoms with Crippen molar-refractivity contribution in [3.63, 3.8) is 0 Å². The number of aromatic nitrogens is 2. The fraction of sp³-hybridized carbons (Fsp3) is 0.182. The molecule has 0 unspecified atom stereocenters. The van der Waals surface area contributed by atoms with Gasteiger partial charge in [0, 0.05) is 11.9 Å². The summed E-state index contributed by atoms with van der Waals surface area (Å²) in [7, 11) is 0. The average Bonchev–Trinajstić information content (AvgIpc) is 2.72. The standard InChI is InChI=1S/C22H22N4O3/c1-4-29-21(28)16-9-5-6-10-18(16)24-20(27)19-12-13-23-22(26-19)25-17-11-7-8-14(2)15(17)3/h5-13H,4H2,1-3H3,(H,24,27)(H,23,25,26). The van der Waals surface area contributed by atoms with Crippen molar-refractivity contribution < 1.29 is 14.3 Å². The van der Waals surface area contributed by atoms with Crippen LogP contribution in [0.5, 0.6) is 0 Å². The van der Waals surface area contributed by atoms with Crippen molar-refractivity contribution in [2.24, 2.45) is 0 Å². The second-order valence-electron chi connectivity index (χ2n) is 6.36. The van der Waals surface area contributed by atoms with Gasteiger partial charge in [-0.3, -0.25) is 4.79 Å². The molecule has 0 aliphatic rings. The van der Waals surface area contributed by atoms with Crippen LogP contribution in [-0.2, 0) is 4.74 Å². The first-order chi connectivity index (χ1) is 14.0. The van der Waals surface area contributed by atoms with Gasteiger partial charge in [0.25, 0.3) is 5.91 Å². The molecule has 148 valence electrons. The van der Waals surface area contributed by atoms with Gasteiger partial charge >= 0.3 is 5.97 Å². The van der Waals surface area contributed by atoms with Gasteiger partial charge in [-0.2, -0.15) is 0 Å². The Morgan fingerprint density at radius 1 is 1.00 bits per heavy atom.